The van der Waals surface area contributed by atoms with Crippen molar-refractivity contribution in [3.8, 4) is 21.8 Å². The summed E-state index contributed by atoms with van der Waals surface area (Å²) >= 11 is 1.47. The Morgan fingerprint density at radius 1 is 1.33 bits per heavy atom. The lowest BCUT2D eigenvalue weighted by Crippen LogP contribution is -2.33. The lowest BCUT2D eigenvalue weighted by molar-refractivity contribution is -0.120. The largest absolute Gasteiger partial charge is 0.382 e. The maximum Gasteiger partial charge on any atom is 0.226 e. The number of aromatic nitrogens is 3. The van der Waals surface area contributed by atoms with Gasteiger partial charge in [0.1, 0.15) is 16.5 Å². The molecule has 1 aliphatic rings. The number of methoxy groups -OCH3 is 1. The monoisotopic (exact) mass is 472 g/mol. The number of benzene rings is 1. The summed E-state index contributed by atoms with van der Waals surface area (Å²) in [5.41, 5.74) is 3.11. The van der Waals surface area contributed by atoms with Crippen LogP contribution in [-0.4, -0.2) is 54.1 Å². The van der Waals surface area contributed by atoms with Crippen molar-refractivity contribution >= 4 is 17.2 Å². The van der Waals surface area contributed by atoms with E-state index in [1.807, 2.05) is 23.2 Å². The van der Waals surface area contributed by atoms with Gasteiger partial charge in [0.25, 0.3) is 0 Å². The summed E-state index contributed by atoms with van der Waals surface area (Å²) in [5, 5.41) is 10.5. The van der Waals surface area contributed by atoms with E-state index >= 15 is 0 Å². The molecule has 0 radical (unpaired) electrons. The van der Waals surface area contributed by atoms with Gasteiger partial charge < -0.3 is 14.8 Å². The highest BCUT2D eigenvalue weighted by atomic mass is 32.1. The molecule has 7 nitrogen and oxygen atoms in total. The molecular formula is C24H29FN4O3S. The Hall–Kier alpha value is -2.62. The van der Waals surface area contributed by atoms with E-state index in [4.69, 9.17) is 19.6 Å². The maximum absolute atomic E-state index is 13.5. The average molecular weight is 473 g/mol. The number of ether oxygens (including phenoxy) is 2. The number of halogens is 1. The number of hydrogen-bond donors (Lipinski definition) is 1. The zero-order valence-electron chi connectivity index (χ0n) is 18.9. The van der Waals surface area contributed by atoms with E-state index < -0.39 is 0 Å². The van der Waals surface area contributed by atoms with Crippen LogP contribution in [0.25, 0.3) is 21.8 Å². The molecular weight excluding hydrogens is 443 g/mol. The average Bonchev–Trinajstić information content (AvgIpc) is 3.46. The number of carbonyl (C=O) groups excluding carboxylic acids is 1. The smallest absolute Gasteiger partial charge is 0.226 e. The number of thiazole rings is 1. The highest BCUT2D eigenvalue weighted by Crippen LogP contribution is 2.34. The second-order valence-corrected chi connectivity index (χ2v) is 9.22. The fraction of sp³-hybridized carbons (Fsp3) is 0.458. The van der Waals surface area contributed by atoms with Gasteiger partial charge in [-0.25, -0.2) is 9.37 Å². The first kappa shape index (κ1) is 23.5. The maximum atomic E-state index is 13.5. The Labute approximate surface area is 196 Å². The molecule has 0 spiro atoms. The zero-order valence-corrected chi connectivity index (χ0v) is 19.7. The Morgan fingerprint density at radius 2 is 2.09 bits per heavy atom. The first-order chi connectivity index (χ1) is 16.0. The lowest BCUT2D eigenvalue weighted by atomic mass is 10.0. The van der Waals surface area contributed by atoms with Gasteiger partial charge >= 0.3 is 0 Å². The molecule has 3 aromatic rings. The molecule has 0 aliphatic carbocycles. The molecule has 1 fully saturated rings. The van der Waals surface area contributed by atoms with Crippen LogP contribution in [0.2, 0.25) is 0 Å². The summed E-state index contributed by atoms with van der Waals surface area (Å²) in [6, 6.07) is 6.30. The molecule has 33 heavy (non-hydrogen) atoms. The second-order valence-electron chi connectivity index (χ2n) is 8.36. The summed E-state index contributed by atoms with van der Waals surface area (Å²) < 4.78 is 26.0. The molecule has 2 aromatic heterocycles. The van der Waals surface area contributed by atoms with Crippen LogP contribution in [0.5, 0.6) is 0 Å². The summed E-state index contributed by atoms with van der Waals surface area (Å²) in [6.45, 7) is 4.75. The van der Waals surface area contributed by atoms with Crippen LogP contribution in [0.3, 0.4) is 0 Å². The molecule has 176 valence electrons. The molecule has 9 heteroatoms. The summed E-state index contributed by atoms with van der Waals surface area (Å²) in [7, 11) is 1.65. The van der Waals surface area contributed by atoms with Crippen LogP contribution in [0.1, 0.15) is 31.5 Å². The lowest BCUT2D eigenvalue weighted by Gasteiger charge is -2.22. The van der Waals surface area contributed by atoms with Crippen LogP contribution in [0.4, 0.5) is 4.39 Å². The molecule has 1 N–H and O–H groups in total. The summed E-state index contributed by atoms with van der Waals surface area (Å²) in [6.07, 6.45) is 4.15. The van der Waals surface area contributed by atoms with Gasteiger partial charge in [0.2, 0.25) is 5.91 Å². The van der Waals surface area contributed by atoms with Crippen molar-refractivity contribution in [3.05, 3.63) is 47.4 Å². The van der Waals surface area contributed by atoms with Crippen LogP contribution >= 0.6 is 11.3 Å². The third kappa shape index (κ3) is 6.04. The Bertz CT molecular complexity index is 1060. The van der Waals surface area contributed by atoms with Gasteiger partial charge in [-0.2, -0.15) is 5.10 Å². The van der Waals surface area contributed by atoms with E-state index in [-0.39, 0.29) is 24.2 Å². The van der Waals surface area contributed by atoms with E-state index in [9.17, 15) is 9.18 Å². The summed E-state index contributed by atoms with van der Waals surface area (Å²) in [4.78, 5) is 17.2. The normalized spacial score (nSPS) is 15.5. The number of nitrogens with zero attached hydrogens (tertiary/aromatic N) is 3. The number of rotatable bonds is 9. The van der Waals surface area contributed by atoms with Gasteiger partial charge in [-0.3, -0.25) is 9.48 Å². The predicted molar refractivity (Wildman–Crippen MR) is 126 cm³/mol. The van der Waals surface area contributed by atoms with Crippen molar-refractivity contribution in [1.82, 2.24) is 20.1 Å². The van der Waals surface area contributed by atoms with Crippen molar-refractivity contribution in [3.63, 3.8) is 0 Å². The highest BCUT2D eigenvalue weighted by Gasteiger charge is 2.20. The molecule has 1 aliphatic heterocycles. The van der Waals surface area contributed by atoms with Crippen LogP contribution in [0, 0.1) is 11.7 Å². The molecule has 4 rings (SSSR count). The van der Waals surface area contributed by atoms with Gasteiger partial charge in [0, 0.05) is 44.0 Å². The van der Waals surface area contributed by atoms with Gasteiger partial charge in [-0.05, 0) is 49.9 Å². The van der Waals surface area contributed by atoms with Crippen molar-refractivity contribution in [2.24, 2.45) is 5.92 Å². The van der Waals surface area contributed by atoms with Crippen LogP contribution < -0.4 is 5.32 Å². The molecule has 0 bridgehead atoms. The van der Waals surface area contributed by atoms with Gasteiger partial charge in [0.15, 0.2) is 0 Å². The number of nitrogens with one attached hydrogen (secondary N) is 1. The molecule has 1 unspecified atom stereocenters. The molecule has 0 saturated carbocycles. The fourth-order valence-corrected chi connectivity index (χ4v) is 4.69. The first-order valence-electron chi connectivity index (χ1n) is 11.2. The van der Waals surface area contributed by atoms with Gasteiger partial charge in [-0.15, -0.1) is 11.3 Å². The minimum absolute atomic E-state index is 0.0262. The first-order valence-corrected chi connectivity index (χ1v) is 12.0. The van der Waals surface area contributed by atoms with Crippen LogP contribution in [0.15, 0.2) is 35.8 Å². The molecule has 1 atom stereocenters. The topological polar surface area (TPSA) is 78.3 Å². The standard InChI is InChI=1S/C24H29FN4O3S/c1-16(14-31-2)29-13-21(23(28-29)18-3-5-19(25)6-4-18)24-27-20(15-33-24)11-22(30)26-12-17-7-9-32-10-8-17/h3-6,13,15-17H,7-12,14H2,1-2H3,(H,26,30). The van der Waals surface area contributed by atoms with Gasteiger partial charge in [-0.1, -0.05) is 0 Å². The van der Waals surface area contributed by atoms with E-state index in [1.165, 1.54) is 23.5 Å². The molecule has 1 saturated heterocycles. The third-order valence-corrected chi connectivity index (χ3v) is 6.69. The van der Waals surface area contributed by atoms with Gasteiger partial charge in [0.05, 0.1) is 30.3 Å². The Balaban J connectivity index is 1.50. The second kappa shape index (κ2) is 11.0. The van der Waals surface area contributed by atoms with E-state index in [2.05, 4.69) is 5.32 Å². The third-order valence-electron chi connectivity index (χ3n) is 5.76. The number of amides is 1. The summed E-state index contributed by atoms with van der Waals surface area (Å²) in [5.74, 6) is 0.157. The van der Waals surface area contributed by atoms with E-state index in [0.29, 0.717) is 19.1 Å². The minimum Gasteiger partial charge on any atom is -0.382 e. The van der Waals surface area contributed by atoms with Crippen molar-refractivity contribution < 1.29 is 18.7 Å². The Morgan fingerprint density at radius 3 is 2.82 bits per heavy atom. The zero-order chi connectivity index (χ0) is 23.2. The van der Waals surface area contributed by atoms with Crippen molar-refractivity contribution in [2.75, 3.05) is 33.5 Å². The minimum atomic E-state index is -0.296. The fourth-order valence-electron chi connectivity index (χ4n) is 3.86. The Kier molecular flexibility index (Phi) is 7.85. The molecule has 3 heterocycles. The van der Waals surface area contributed by atoms with E-state index in [0.717, 1.165) is 53.6 Å². The molecule has 1 amide bonds. The number of carbonyl (C=O) groups is 1. The van der Waals surface area contributed by atoms with Crippen LogP contribution in [-0.2, 0) is 20.7 Å². The van der Waals surface area contributed by atoms with Crippen molar-refractivity contribution in [2.45, 2.75) is 32.2 Å². The quantitative estimate of drug-likeness (QED) is 0.507. The van der Waals surface area contributed by atoms with Crippen molar-refractivity contribution in [1.29, 1.82) is 0 Å². The highest BCUT2D eigenvalue weighted by molar-refractivity contribution is 7.13. The van der Waals surface area contributed by atoms with E-state index in [1.54, 1.807) is 19.2 Å². The SMILES string of the molecule is COCC(C)n1cc(-c2nc(CC(=O)NCC3CCOCC3)cs2)c(-c2ccc(F)cc2)n1. The molecule has 1 aromatic carbocycles. The predicted octanol–water partition coefficient (Wildman–Crippen LogP) is 4.11. The number of hydrogen-bond acceptors (Lipinski definition) is 6.